The van der Waals surface area contributed by atoms with Gasteiger partial charge in [-0.15, -0.1) is 0 Å². The van der Waals surface area contributed by atoms with Gasteiger partial charge in [-0.1, -0.05) is 18.2 Å². The molecule has 6 nitrogen and oxygen atoms in total. The number of primary amides is 1. The third-order valence-electron chi connectivity index (χ3n) is 1.85. The standard InChI is InChI=1S/C11H14N2O4/c1-8-4-2-3-5-9(8)16-7-11(15)13-17-6-10(12)14/h2-5H,6-7H2,1H3,(H2,12,14)(H,13,15). The van der Waals surface area contributed by atoms with E-state index in [4.69, 9.17) is 10.5 Å². The van der Waals surface area contributed by atoms with Crippen LogP contribution in [-0.4, -0.2) is 25.0 Å². The van der Waals surface area contributed by atoms with Crippen molar-refractivity contribution < 1.29 is 19.2 Å². The Morgan fingerprint density at radius 1 is 1.29 bits per heavy atom. The first-order valence-corrected chi connectivity index (χ1v) is 4.97. The van der Waals surface area contributed by atoms with Crippen molar-refractivity contribution in [1.29, 1.82) is 0 Å². The van der Waals surface area contributed by atoms with Crippen molar-refractivity contribution in [3.05, 3.63) is 29.8 Å². The Morgan fingerprint density at radius 3 is 2.65 bits per heavy atom. The number of nitrogens with two attached hydrogens (primary N) is 1. The minimum Gasteiger partial charge on any atom is -0.483 e. The molecule has 0 aliphatic carbocycles. The van der Waals surface area contributed by atoms with Crippen LogP contribution in [0, 0.1) is 6.92 Å². The maximum atomic E-state index is 11.2. The number of amides is 2. The number of hydrogen-bond donors (Lipinski definition) is 2. The molecule has 0 fully saturated rings. The molecule has 1 aromatic rings. The Balaban J connectivity index is 2.29. The van der Waals surface area contributed by atoms with Gasteiger partial charge in [0, 0.05) is 0 Å². The number of benzene rings is 1. The second-order valence-corrected chi connectivity index (χ2v) is 3.33. The average molecular weight is 238 g/mol. The number of ether oxygens (including phenoxy) is 1. The lowest BCUT2D eigenvalue weighted by Gasteiger charge is -2.08. The van der Waals surface area contributed by atoms with E-state index in [0.29, 0.717) is 5.75 Å². The first kappa shape index (κ1) is 13.0. The van der Waals surface area contributed by atoms with Gasteiger partial charge >= 0.3 is 0 Å². The number of carbonyl (C=O) groups is 2. The minimum atomic E-state index is -0.662. The maximum Gasteiger partial charge on any atom is 0.281 e. The van der Waals surface area contributed by atoms with Crippen LogP contribution in [0.15, 0.2) is 24.3 Å². The summed E-state index contributed by atoms with van der Waals surface area (Å²) in [6.45, 7) is 1.32. The molecular formula is C11H14N2O4. The van der Waals surface area contributed by atoms with E-state index in [-0.39, 0.29) is 13.2 Å². The van der Waals surface area contributed by atoms with Crippen molar-refractivity contribution >= 4 is 11.8 Å². The van der Waals surface area contributed by atoms with E-state index in [1.165, 1.54) is 0 Å². The SMILES string of the molecule is Cc1ccccc1OCC(=O)NOCC(N)=O. The van der Waals surface area contributed by atoms with Gasteiger partial charge in [-0.25, -0.2) is 5.48 Å². The van der Waals surface area contributed by atoms with Gasteiger partial charge in [0.15, 0.2) is 13.2 Å². The molecule has 1 aromatic carbocycles. The lowest BCUT2D eigenvalue weighted by atomic mass is 10.2. The number of hydroxylamine groups is 1. The van der Waals surface area contributed by atoms with E-state index in [1.54, 1.807) is 6.07 Å². The second-order valence-electron chi connectivity index (χ2n) is 3.33. The largest absolute Gasteiger partial charge is 0.483 e. The van der Waals surface area contributed by atoms with Gasteiger partial charge in [0.05, 0.1) is 0 Å². The summed E-state index contributed by atoms with van der Waals surface area (Å²) in [6.07, 6.45) is 0. The minimum absolute atomic E-state index is 0.191. The second kappa shape index (κ2) is 6.49. The molecule has 0 atom stereocenters. The van der Waals surface area contributed by atoms with E-state index in [0.717, 1.165) is 5.56 Å². The van der Waals surface area contributed by atoms with Gasteiger partial charge in [-0.2, -0.15) is 0 Å². The van der Waals surface area contributed by atoms with E-state index in [2.05, 4.69) is 4.84 Å². The molecule has 0 unspecified atom stereocenters. The molecule has 92 valence electrons. The Hall–Kier alpha value is -2.08. The van der Waals surface area contributed by atoms with E-state index in [9.17, 15) is 9.59 Å². The third kappa shape index (κ3) is 4.98. The van der Waals surface area contributed by atoms with Gasteiger partial charge in [-0.05, 0) is 18.6 Å². The smallest absolute Gasteiger partial charge is 0.281 e. The molecule has 0 aromatic heterocycles. The maximum absolute atomic E-state index is 11.2. The van der Waals surface area contributed by atoms with Crippen LogP contribution in [0.1, 0.15) is 5.56 Å². The predicted molar refractivity (Wildman–Crippen MR) is 60.0 cm³/mol. The highest BCUT2D eigenvalue weighted by Crippen LogP contribution is 2.15. The lowest BCUT2D eigenvalue weighted by Crippen LogP contribution is -2.32. The Labute approximate surface area is 98.7 Å². The van der Waals surface area contributed by atoms with E-state index < -0.39 is 11.8 Å². The fourth-order valence-electron chi connectivity index (χ4n) is 1.08. The summed E-state index contributed by atoms with van der Waals surface area (Å²) >= 11 is 0. The number of hydrogen-bond acceptors (Lipinski definition) is 4. The number of rotatable bonds is 6. The highest BCUT2D eigenvalue weighted by atomic mass is 16.7. The highest BCUT2D eigenvalue weighted by Gasteiger charge is 2.04. The molecule has 3 N–H and O–H groups in total. The molecule has 1 rings (SSSR count). The Morgan fingerprint density at radius 2 is 2.00 bits per heavy atom. The van der Waals surface area contributed by atoms with Crippen LogP contribution in [-0.2, 0) is 14.4 Å². The first-order chi connectivity index (χ1) is 8.09. The molecule has 0 radical (unpaired) electrons. The van der Waals surface area contributed by atoms with Crippen molar-refractivity contribution in [2.24, 2.45) is 5.73 Å². The average Bonchev–Trinajstić information content (AvgIpc) is 2.27. The van der Waals surface area contributed by atoms with Crippen molar-refractivity contribution in [2.45, 2.75) is 6.92 Å². The molecule has 2 amide bonds. The molecule has 0 bridgehead atoms. The zero-order valence-electron chi connectivity index (χ0n) is 9.43. The van der Waals surface area contributed by atoms with E-state index >= 15 is 0 Å². The van der Waals surface area contributed by atoms with Crippen molar-refractivity contribution in [3.8, 4) is 5.75 Å². The number of aryl methyl sites for hydroxylation is 1. The fraction of sp³-hybridized carbons (Fsp3) is 0.273. The lowest BCUT2D eigenvalue weighted by molar-refractivity contribution is -0.139. The van der Waals surface area contributed by atoms with E-state index in [1.807, 2.05) is 30.6 Å². The van der Waals surface area contributed by atoms with Gasteiger partial charge < -0.3 is 10.5 Å². The van der Waals surface area contributed by atoms with Gasteiger partial charge in [0.25, 0.3) is 5.91 Å². The van der Waals surface area contributed by atoms with Crippen LogP contribution < -0.4 is 16.0 Å². The molecule has 0 saturated heterocycles. The summed E-state index contributed by atoms with van der Waals surface area (Å²) in [4.78, 5) is 26.0. The summed E-state index contributed by atoms with van der Waals surface area (Å²) in [6, 6.07) is 7.31. The summed E-state index contributed by atoms with van der Waals surface area (Å²) in [7, 11) is 0. The number of para-hydroxylation sites is 1. The molecule has 0 spiro atoms. The monoisotopic (exact) mass is 238 g/mol. The van der Waals surface area contributed by atoms with Crippen LogP contribution in [0.3, 0.4) is 0 Å². The zero-order valence-corrected chi connectivity index (χ0v) is 9.43. The number of carbonyl (C=O) groups excluding carboxylic acids is 2. The molecule has 6 heteroatoms. The van der Waals surface area contributed by atoms with Crippen molar-refractivity contribution in [2.75, 3.05) is 13.2 Å². The van der Waals surface area contributed by atoms with Crippen LogP contribution >= 0.6 is 0 Å². The molecule has 0 heterocycles. The van der Waals surface area contributed by atoms with Crippen LogP contribution in [0.25, 0.3) is 0 Å². The quantitative estimate of drug-likeness (QED) is 0.677. The predicted octanol–water partition coefficient (Wildman–Crippen LogP) is -0.0931. The molecule has 0 aliphatic heterocycles. The molecule has 0 aliphatic rings. The van der Waals surface area contributed by atoms with Crippen molar-refractivity contribution in [3.63, 3.8) is 0 Å². The fourth-order valence-corrected chi connectivity index (χ4v) is 1.08. The summed E-state index contributed by atoms with van der Waals surface area (Å²) in [5.74, 6) is -0.530. The summed E-state index contributed by atoms with van der Waals surface area (Å²) in [5, 5.41) is 0. The number of nitrogens with one attached hydrogen (secondary N) is 1. The van der Waals surface area contributed by atoms with Crippen LogP contribution in [0.2, 0.25) is 0 Å². The van der Waals surface area contributed by atoms with Crippen molar-refractivity contribution in [1.82, 2.24) is 5.48 Å². The summed E-state index contributed by atoms with van der Waals surface area (Å²) < 4.78 is 5.25. The first-order valence-electron chi connectivity index (χ1n) is 4.97. The van der Waals surface area contributed by atoms with Crippen LogP contribution in [0.5, 0.6) is 5.75 Å². The topological polar surface area (TPSA) is 90.7 Å². The van der Waals surface area contributed by atoms with Gasteiger partial charge in [0.1, 0.15) is 5.75 Å². The Bertz CT molecular complexity index is 406. The molecule has 0 saturated carbocycles. The molecule has 17 heavy (non-hydrogen) atoms. The van der Waals surface area contributed by atoms with Gasteiger partial charge in [-0.3, -0.25) is 14.4 Å². The highest BCUT2D eigenvalue weighted by molar-refractivity contribution is 5.77. The zero-order chi connectivity index (χ0) is 12.7. The summed E-state index contributed by atoms with van der Waals surface area (Å²) in [5.41, 5.74) is 7.79. The van der Waals surface area contributed by atoms with Crippen LogP contribution in [0.4, 0.5) is 0 Å². The Kier molecular flexibility index (Phi) is 4.96. The molecular weight excluding hydrogens is 224 g/mol. The third-order valence-corrected chi connectivity index (χ3v) is 1.85. The van der Waals surface area contributed by atoms with Gasteiger partial charge in [0.2, 0.25) is 5.91 Å². The normalized spacial score (nSPS) is 9.71.